The highest BCUT2D eigenvalue weighted by Crippen LogP contribution is 1.77. The Morgan fingerprint density at radius 3 is 1.50 bits per heavy atom. The third-order valence-corrected chi connectivity index (χ3v) is 0.180. The molecule has 0 amide bonds. The van der Waals surface area contributed by atoms with Gasteiger partial charge in [0.25, 0.3) is 0 Å². The lowest BCUT2D eigenvalue weighted by molar-refractivity contribution is -0.489. The summed E-state index contributed by atoms with van der Waals surface area (Å²) in [6.07, 6.45) is 0. The number of rotatable bonds is 2. The van der Waals surface area contributed by atoms with Crippen molar-refractivity contribution in [3.63, 3.8) is 0 Å². The van der Waals surface area contributed by atoms with Gasteiger partial charge in [-0.05, 0) is 0 Å². The van der Waals surface area contributed by atoms with Crippen molar-refractivity contribution in [1.82, 2.24) is 0 Å². The molecule has 5 nitrogen and oxygen atoms in total. The minimum Gasteiger partial charge on any atom is -0.342 e. The van der Waals surface area contributed by atoms with E-state index in [0.717, 1.165) is 0 Å². The zero-order chi connectivity index (χ0) is 4.99. The summed E-state index contributed by atoms with van der Waals surface area (Å²) >= 11 is 0. The fourth-order valence-electron chi connectivity index (χ4n) is 0.0192. The van der Waals surface area contributed by atoms with Crippen LogP contribution in [0.15, 0.2) is 0 Å². The Morgan fingerprint density at radius 1 is 1.17 bits per heavy atom. The van der Waals surface area contributed by atoms with Crippen LogP contribution >= 0.6 is 0 Å². The zero-order valence-electron chi connectivity index (χ0n) is 2.74. The van der Waals surface area contributed by atoms with Crippen molar-refractivity contribution in [3.05, 3.63) is 0 Å². The van der Waals surface area contributed by atoms with E-state index in [1.54, 1.807) is 0 Å². The fraction of sp³-hybridized carbons (Fsp3) is 1.00. The molecule has 0 aromatic rings. The highest BCUT2D eigenvalue weighted by Gasteiger charge is 1.96. The molecule has 0 spiro atoms. The molecule has 0 radical (unpaired) electrons. The van der Waals surface area contributed by atoms with Gasteiger partial charge in [-0.3, -0.25) is 0 Å². The van der Waals surface area contributed by atoms with E-state index >= 15 is 0 Å². The van der Waals surface area contributed by atoms with E-state index in [1.165, 1.54) is 0 Å². The van der Waals surface area contributed by atoms with Crippen LogP contribution in [-0.2, 0) is 9.78 Å². The SMILES string of the molecule is OOC(O)OO. The van der Waals surface area contributed by atoms with Crippen molar-refractivity contribution in [2.24, 2.45) is 0 Å². The van der Waals surface area contributed by atoms with Crippen LogP contribution in [0.1, 0.15) is 0 Å². The van der Waals surface area contributed by atoms with E-state index < -0.39 is 6.48 Å². The van der Waals surface area contributed by atoms with E-state index in [4.69, 9.17) is 15.6 Å². The summed E-state index contributed by atoms with van der Waals surface area (Å²) in [4.78, 5) is 5.97. The van der Waals surface area contributed by atoms with Crippen molar-refractivity contribution >= 4 is 0 Å². The van der Waals surface area contributed by atoms with E-state index in [1.807, 2.05) is 0 Å². The number of hydrogen-bond donors (Lipinski definition) is 3. The molecule has 0 aliphatic carbocycles. The minimum absolute atomic E-state index is 1.95. The Bertz CT molecular complexity index is 23.1. The van der Waals surface area contributed by atoms with Crippen LogP contribution in [0.2, 0.25) is 0 Å². The van der Waals surface area contributed by atoms with Gasteiger partial charge in [-0.1, -0.05) is 0 Å². The van der Waals surface area contributed by atoms with E-state index in [2.05, 4.69) is 9.78 Å². The van der Waals surface area contributed by atoms with Gasteiger partial charge in [0.15, 0.2) is 0 Å². The first-order valence-corrected chi connectivity index (χ1v) is 1.09. The second-order valence-corrected chi connectivity index (χ2v) is 0.518. The lowest BCUT2D eigenvalue weighted by atomic mass is 11.3. The molecule has 0 fully saturated rings. The van der Waals surface area contributed by atoms with Crippen LogP contribution in [0.25, 0.3) is 0 Å². The molecular weight excluding hydrogens is 92.0 g/mol. The maximum absolute atomic E-state index is 7.72. The molecule has 0 aromatic carbocycles. The molecule has 0 aliphatic rings. The first-order chi connectivity index (χ1) is 2.81. The molecule has 3 N–H and O–H groups in total. The third kappa shape index (κ3) is 2.06. The smallest absolute Gasteiger partial charge is 0.326 e. The Hall–Kier alpha value is -0.200. The zero-order valence-corrected chi connectivity index (χ0v) is 2.74. The van der Waals surface area contributed by atoms with Gasteiger partial charge in [-0.25, -0.2) is 10.5 Å². The molecule has 6 heavy (non-hydrogen) atoms. The van der Waals surface area contributed by atoms with Crippen LogP contribution in [0.4, 0.5) is 0 Å². The number of aliphatic hydroxyl groups excluding tert-OH is 1. The summed E-state index contributed by atoms with van der Waals surface area (Å²) in [5.74, 6) is 0. The second kappa shape index (κ2) is 3.01. The van der Waals surface area contributed by atoms with Gasteiger partial charge in [0.05, 0.1) is 0 Å². The monoisotopic (exact) mass is 96.0 g/mol. The molecule has 0 saturated carbocycles. The van der Waals surface area contributed by atoms with Gasteiger partial charge in [-0.2, -0.15) is 9.78 Å². The lowest BCUT2D eigenvalue weighted by Crippen LogP contribution is -2.10. The average Bonchev–Trinajstić information content (AvgIpc) is 1.65. The maximum Gasteiger partial charge on any atom is 0.326 e. The molecule has 0 saturated heterocycles. The Labute approximate surface area is 33.2 Å². The molecule has 0 aliphatic heterocycles. The summed E-state index contributed by atoms with van der Waals surface area (Å²) in [6.45, 7) is -1.95. The fourth-order valence-corrected chi connectivity index (χ4v) is 0.0192. The van der Waals surface area contributed by atoms with Crippen LogP contribution in [0.3, 0.4) is 0 Å². The van der Waals surface area contributed by atoms with Gasteiger partial charge in [0, 0.05) is 0 Å². The minimum atomic E-state index is -1.95. The van der Waals surface area contributed by atoms with Crippen molar-refractivity contribution < 1.29 is 25.4 Å². The first kappa shape index (κ1) is 5.80. The highest BCUT2D eigenvalue weighted by molar-refractivity contribution is 3.87. The normalized spacial score (nSPS) is 10.0. The molecule has 38 valence electrons. The molecular formula is CH4O5. The standard InChI is InChI=1S/CH4O5/c2-1(5-3)6-4/h1-4H. The van der Waals surface area contributed by atoms with E-state index in [9.17, 15) is 0 Å². The van der Waals surface area contributed by atoms with E-state index in [0.29, 0.717) is 0 Å². The second-order valence-electron chi connectivity index (χ2n) is 0.518. The van der Waals surface area contributed by atoms with Gasteiger partial charge in [0.2, 0.25) is 0 Å². The summed E-state index contributed by atoms with van der Waals surface area (Å²) in [6, 6.07) is 0. The lowest BCUT2D eigenvalue weighted by Gasteiger charge is -1.96. The molecule has 0 bridgehead atoms. The molecule has 0 rings (SSSR count). The van der Waals surface area contributed by atoms with Crippen LogP contribution in [0, 0.1) is 0 Å². The quantitative estimate of drug-likeness (QED) is 0.239. The highest BCUT2D eigenvalue weighted by atomic mass is 17.3. The summed E-state index contributed by atoms with van der Waals surface area (Å²) in [5, 5.41) is 22.3. The van der Waals surface area contributed by atoms with Gasteiger partial charge >= 0.3 is 6.48 Å². The Morgan fingerprint density at radius 2 is 1.50 bits per heavy atom. The largest absolute Gasteiger partial charge is 0.342 e. The number of aliphatic hydroxyl groups is 1. The van der Waals surface area contributed by atoms with Gasteiger partial charge in [-0.15, -0.1) is 0 Å². The molecule has 0 atom stereocenters. The van der Waals surface area contributed by atoms with Crippen molar-refractivity contribution in [2.75, 3.05) is 0 Å². The van der Waals surface area contributed by atoms with Crippen LogP contribution in [-0.4, -0.2) is 22.1 Å². The average molecular weight is 96.0 g/mol. The van der Waals surface area contributed by atoms with Crippen molar-refractivity contribution in [2.45, 2.75) is 6.48 Å². The first-order valence-electron chi connectivity index (χ1n) is 1.09. The molecule has 0 aromatic heterocycles. The van der Waals surface area contributed by atoms with E-state index in [-0.39, 0.29) is 0 Å². The van der Waals surface area contributed by atoms with Gasteiger partial charge in [0.1, 0.15) is 0 Å². The third-order valence-electron chi connectivity index (χ3n) is 0.180. The Kier molecular flexibility index (Phi) is 2.91. The maximum atomic E-state index is 7.72. The van der Waals surface area contributed by atoms with Crippen molar-refractivity contribution in [3.8, 4) is 0 Å². The topological polar surface area (TPSA) is 79.2 Å². The van der Waals surface area contributed by atoms with Gasteiger partial charge < -0.3 is 5.11 Å². The Balaban J connectivity index is 2.75. The molecule has 0 heterocycles. The molecule has 5 heteroatoms. The summed E-state index contributed by atoms with van der Waals surface area (Å²) < 4.78 is 0. The predicted molar refractivity (Wildman–Crippen MR) is 13.4 cm³/mol. The summed E-state index contributed by atoms with van der Waals surface area (Å²) in [7, 11) is 0. The molecule has 0 unspecified atom stereocenters. The van der Waals surface area contributed by atoms with Crippen molar-refractivity contribution in [1.29, 1.82) is 0 Å². The van der Waals surface area contributed by atoms with Crippen LogP contribution < -0.4 is 0 Å². The predicted octanol–water partition coefficient (Wildman–Crippen LogP) is -0.758. The summed E-state index contributed by atoms with van der Waals surface area (Å²) in [5.41, 5.74) is 0. The number of hydrogen-bond acceptors (Lipinski definition) is 5. The van der Waals surface area contributed by atoms with Crippen LogP contribution in [0.5, 0.6) is 0 Å².